The number of rotatable bonds is 37. The van der Waals surface area contributed by atoms with E-state index in [1.165, 1.54) is 0 Å². The molecule has 34 N–H and O–H groups in total. The van der Waals surface area contributed by atoms with Crippen LogP contribution in [0.15, 0.2) is 0 Å². The average Bonchev–Trinajstić information content (AvgIpc) is 0.759. The van der Waals surface area contributed by atoms with Gasteiger partial charge in [0.05, 0.1) is 78.2 Å². The molecule has 778 valence electrons. The molecule has 60 nitrogen and oxygen atoms in total. The summed E-state index contributed by atoms with van der Waals surface area (Å²) in [4.78, 5) is 90.1. The Kier molecular flexibility index (Phi) is 40.0. The largest absolute Gasteiger partial charge is 0.477 e. The number of nitrogens with one attached hydrogen (secondary N) is 6. The Labute approximate surface area is 764 Å². The molecule has 0 saturated carbocycles. The maximum absolute atomic E-state index is 13.3. The van der Waals surface area contributed by atoms with Gasteiger partial charge in [-0.3, -0.25) is 28.8 Å². The van der Waals surface area contributed by atoms with Crippen molar-refractivity contribution in [1.29, 1.82) is 0 Å². The fourth-order valence-electron chi connectivity index (χ4n) is 17.3. The second-order valence-electron chi connectivity index (χ2n) is 33.9. The third-order valence-corrected chi connectivity index (χ3v) is 24.3. The quantitative estimate of drug-likeness (QED) is 0.0275. The van der Waals surface area contributed by atoms with Gasteiger partial charge in [-0.05, 0) is 0 Å². The zero-order valence-electron chi connectivity index (χ0n) is 72.8. The van der Waals surface area contributed by atoms with Gasteiger partial charge in [0.25, 0.3) is 5.79 Å². The number of hydrogen-bond donors (Lipinski definition) is 34. The number of aliphatic carboxylic acids is 1. The van der Waals surface area contributed by atoms with Gasteiger partial charge in [0.2, 0.25) is 35.4 Å². The third kappa shape index (κ3) is 25.2. The van der Waals surface area contributed by atoms with Crippen LogP contribution in [0.25, 0.3) is 0 Å². The van der Waals surface area contributed by atoms with Crippen LogP contribution in [0.4, 0.5) is 0 Å². The Morgan fingerprint density at radius 1 is 0.304 bits per heavy atom. The molecule has 0 aliphatic carbocycles. The van der Waals surface area contributed by atoms with E-state index in [1.54, 1.807) is 0 Å². The second kappa shape index (κ2) is 48.5. The van der Waals surface area contributed by atoms with Crippen molar-refractivity contribution < 1.29 is 267 Å². The summed E-state index contributed by atoms with van der Waals surface area (Å²) in [5.41, 5.74) is 0. The lowest BCUT2D eigenvalue weighted by Crippen LogP contribution is -2.71. The summed E-state index contributed by atoms with van der Waals surface area (Å²) >= 11 is 0. The number of carboxylic acids is 1. The summed E-state index contributed by atoms with van der Waals surface area (Å²) in [5, 5.41) is 330. The monoisotopic (exact) mass is 1970 g/mol. The van der Waals surface area contributed by atoms with Crippen molar-refractivity contribution in [2.75, 3.05) is 66.1 Å². The van der Waals surface area contributed by atoms with E-state index in [2.05, 4.69) is 31.9 Å². The number of carbonyl (C=O) groups is 7. The molecule has 0 radical (unpaired) electrons. The van der Waals surface area contributed by atoms with Gasteiger partial charge >= 0.3 is 5.97 Å². The van der Waals surface area contributed by atoms with Crippen molar-refractivity contribution in [3.05, 3.63) is 0 Å². The van der Waals surface area contributed by atoms with Gasteiger partial charge in [-0.1, -0.05) is 0 Å². The second-order valence-corrected chi connectivity index (χ2v) is 33.9. The first-order chi connectivity index (χ1) is 63.7. The van der Waals surface area contributed by atoms with E-state index in [1.807, 2.05) is 0 Å². The SMILES string of the molecule is CC(=O)N[C@@H]1[C@@H](O)[C@H](O[C@@H]2O[C@H](CO)[C@@H](O[C@@H]3O[C@H](CO[C@H]4O[C@H](CO)[C@@H](O)[C@H](O)[C@@H]4O[C@@H]4O[C@H](CO)[C@@H](O[C@@H]5O[C@H](CO[C@]6(C(=O)O)C[C@H](O)[C@@H](NC(C)=O)[C@H]([C@H](O)[C@H](O)CO)O6)[C@H](O)[C@H](O)[C@H]5O)[C@H](O)[C@H]4NC(C)=O)[C@@H](O[C@@H]4O[C@H](CO)[C@@H](O)[C@H](O)[C@H]4NC(C)=O)[C@H](O[C@H]4O[C@H](CO)[C@@H](O)[C@H](O)[C@@H]4O[C@@H]4O[C@H](CO)[C@@H](O)[C@H](O)[C@H]4NC(C)=O)[C@@H]3O)[C@H](O)[C@H]2NC(C)=O)[C@@H](CO)O[C@@H]1O. The number of amides is 6. The Bertz CT molecular complexity index is 3820. The molecule has 0 spiro atoms. The molecular formula is C75H124N6O54. The summed E-state index contributed by atoms with van der Waals surface area (Å²) in [6.07, 6.45) is -99.8. The van der Waals surface area contributed by atoms with Gasteiger partial charge in [-0.25, -0.2) is 4.79 Å². The van der Waals surface area contributed by atoms with E-state index in [9.17, 15) is 177 Å². The molecule has 0 bridgehead atoms. The summed E-state index contributed by atoms with van der Waals surface area (Å²) < 4.78 is 115. The Hall–Kier alpha value is -5.55. The van der Waals surface area contributed by atoms with E-state index in [4.69, 9.17) is 90.0 Å². The Morgan fingerprint density at radius 3 is 1.03 bits per heavy atom. The number of aliphatic hydroxyl groups is 27. The van der Waals surface area contributed by atoms with Gasteiger partial charge in [0.1, 0.15) is 238 Å². The van der Waals surface area contributed by atoms with Crippen LogP contribution in [0.3, 0.4) is 0 Å². The molecule has 6 amide bonds. The molecule has 10 heterocycles. The van der Waals surface area contributed by atoms with Gasteiger partial charge in [-0.2, -0.15) is 0 Å². The van der Waals surface area contributed by atoms with Crippen LogP contribution in [0.5, 0.6) is 0 Å². The van der Waals surface area contributed by atoms with E-state index < -0.39 is 426 Å². The molecular weight excluding hydrogens is 1850 g/mol. The highest BCUT2D eigenvalue weighted by atomic mass is 16.8. The maximum atomic E-state index is 13.3. The molecule has 10 saturated heterocycles. The van der Waals surface area contributed by atoms with Gasteiger partial charge in [-0.15, -0.1) is 0 Å². The number of aliphatic hydroxyl groups excluding tert-OH is 27. The predicted molar refractivity (Wildman–Crippen MR) is 416 cm³/mol. The average molecular weight is 1970 g/mol. The van der Waals surface area contributed by atoms with Crippen LogP contribution in [-0.4, -0.2) is 563 Å². The Balaban J connectivity index is 1.04. The van der Waals surface area contributed by atoms with Crippen LogP contribution in [0.1, 0.15) is 48.0 Å². The van der Waals surface area contributed by atoms with Gasteiger partial charge in [0, 0.05) is 48.0 Å². The first kappa shape index (κ1) is 111. The fraction of sp³-hybridized carbons (Fsp3) is 0.907. The van der Waals surface area contributed by atoms with Crippen molar-refractivity contribution in [1.82, 2.24) is 31.9 Å². The molecule has 0 aromatic heterocycles. The summed E-state index contributed by atoms with van der Waals surface area (Å²) in [5.74, 6) is -10.9. The first-order valence-electron chi connectivity index (χ1n) is 42.7. The van der Waals surface area contributed by atoms with Crippen LogP contribution < -0.4 is 31.9 Å². The summed E-state index contributed by atoms with van der Waals surface area (Å²) in [6, 6.07) is -11.5. The van der Waals surface area contributed by atoms with Crippen molar-refractivity contribution in [3.63, 3.8) is 0 Å². The number of carbonyl (C=O) groups excluding carboxylic acids is 6. The lowest BCUT2D eigenvalue weighted by molar-refractivity contribution is -0.407. The van der Waals surface area contributed by atoms with E-state index in [-0.39, 0.29) is 0 Å². The minimum Gasteiger partial charge on any atom is -0.477 e. The van der Waals surface area contributed by atoms with E-state index in [0.717, 1.165) is 41.5 Å². The highest BCUT2D eigenvalue weighted by Gasteiger charge is 2.64. The summed E-state index contributed by atoms with van der Waals surface area (Å²) in [7, 11) is 0. The van der Waals surface area contributed by atoms with Crippen molar-refractivity contribution in [3.8, 4) is 0 Å². The zero-order valence-corrected chi connectivity index (χ0v) is 72.8. The molecule has 10 fully saturated rings. The van der Waals surface area contributed by atoms with Crippen LogP contribution in [0, 0.1) is 0 Å². The highest BCUT2D eigenvalue weighted by molar-refractivity contribution is 5.77. The third-order valence-electron chi connectivity index (χ3n) is 24.3. The predicted octanol–water partition coefficient (Wildman–Crippen LogP) is -22.7. The topological polar surface area (TPSA) is 933 Å². The van der Waals surface area contributed by atoms with Crippen molar-refractivity contribution in [2.24, 2.45) is 0 Å². The molecule has 0 aromatic carbocycles. The minimum absolute atomic E-state index is 0.831. The number of ether oxygens (including phenoxy) is 19. The van der Waals surface area contributed by atoms with E-state index >= 15 is 0 Å². The van der Waals surface area contributed by atoms with Crippen LogP contribution in [-0.2, 0) is 124 Å². The number of hydrogen-bond acceptors (Lipinski definition) is 53. The molecule has 0 unspecified atom stereocenters. The molecule has 10 aliphatic rings. The standard InChI is InChI=1S/C75H124N6O54/c1-18(90)76-35-24(96)7-75(74(115)116,135-61(35)41(98)25(97)8-82)118-17-33-46(103)52(109)55(112)70(126-33)129-58-31(14-88)125-69(40(51(58)108)81-23(6)95)133-63-53(110)44(101)28(11-85)122-72(63)117-16-34-60(131-66-37(78-20(3)92)47(104)42(99)26(9-83)120-66)62(132-73-64(54(111)45(102)29(12-86)123-73)134-67-38(79-21(4)93)48(105)43(100)27(10-84)121-67)56(113)71(127-34)130-59-32(15-89)124-68(39(50(59)107)80-22(5)94)128-57-30(13-87)119-65(114)36(49(57)106)77-19(2)91/h24-73,82-89,96-114H,7-17H2,1-6H3,(H,76,90)(H,77,91)(H,78,92)(H,79,93)(H,80,94)(H,81,95)(H,115,116)/t24-,25+,26+,27+,28+,29+,30+,31+,32+,33+,34+,35+,36+,37+,38+,39+,40+,41+,42+,43+,44+,45+,46-,47+,48+,49+,50+,51+,52-,53-,54-,55+,56-,57+,58+,59+,60+,61+,62+,63-,64-,65-,66-,67-,68-,69-,70-,71-,72-,73+,75+/m0/s1. The van der Waals surface area contributed by atoms with E-state index in [0.29, 0.717) is 0 Å². The molecule has 51 atom stereocenters. The number of carboxylic acid groups (broad SMARTS) is 1. The first-order valence-corrected chi connectivity index (χ1v) is 42.7. The molecule has 10 rings (SSSR count). The van der Waals surface area contributed by atoms with Crippen molar-refractivity contribution in [2.45, 2.75) is 360 Å². The fourth-order valence-corrected chi connectivity index (χ4v) is 17.3. The smallest absolute Gasteiger partial charge is 0.364 e. The minimum atomic E-state index is -3.12. The molecule has 60 heteroatoms. The summed E-state index contributed by atoms with van der Waals surface area (Å²) in [6.45, 7) is -6.76. The van der Waals surface area contributed by atoms with Crippen LogP contribution in [0.2, 0.25) is 0 Å². The molecule has 135 heavy (non-hydrogen) atoms. The van der Waals surface area contributed by atoms with Crippen molar-refractivity contribution >= 4 is 41.4 Å². The molecule has 10 aliphatic heterocycles. The highest BCUT2D eigenvalue weighted by Crippen LogP contribution is 2.43. The zero-order chi connectivity index (χ0) is 99.9. The lowest BCUT2D eigenvalue weighted by Gasteiger charge is -2.52. The lowest BCUT2D eigenvalue weighted by atomic mass is 9.88. The van der Waals surface area contributed by atoms with Gasteiger partial charge in [0.15, 0.2) is 56.6 Å². The van der Waals surface area contributed by atoms with Crippen LogP contribution >= 0.6 is 0 Å². The normalized spacial score (nSPS) is 46.4. The molecule has 0 aromatic rings. The Morgan fingerprint density at radius 2 is 0.615 bits per heavy atom. The maximum Gasteiger partial charge on any atom is 0.364 e. The van der Waals surface area contributed by atoms with Gasteiger partial charge < -0.3 is 265 Å².